The second-order valence-corrected chi connectivity index (χ2v) is 19.3. The van der Waals surface area contributed by atoms with E-state index in [1.807, 2.05) is 60.5 Å². The fraction of sp³-hybridized carbons (Fsp3) is 0.426. The lowest BCUT2D eigenvalue weighted by molar-refractivity contribution is -0.121. The Balaban J connectivity index is 1.09. The number of carbonyl (C=O) groups excluding carboxylic acids is 3. The molecule has 7 rings (SSSR count). The topological polar surface area (TPSA) is 141 Å². The lowest BCUT2D eigenvalue weighted by Crippen LogP contribution is -2.35. The van der Waals surface area contributed by atoms with Crippen LogP contribution < -0.4 is 29.0 Å². The quantitative estimate of drug-likeness (QED) is 0.0796. The minimum absolute atomic E-state index is 0.00388. The third-order valence-electron chi connectivity index (χ3n) is 11.4. The van der Waals surface area contributed by atoms with E-state index in [0.29, 0.717) is 77.3 Å². The van der Waals surface area contributed by atoms with Gasteiger partial charge in [0.1, 0.15) is 25.6 Å². The summed E-state index contributed by atoms with van der Waals surface area (Å²) in [4.78, 5) is 53.1. The normalized spacial score (nSPS) is 19.1. The Morgan fingerprint density at radius 1 is 0.774 bits per heavy atom. The van der Waals surface area contributed by atoms with Gasteiger partial charge in [-0.3, -0.25) is 24.4 Å². The summed E-state index contributed by atoms with van der Waals surface area (Å²) in [5, 5.41) is 2.98. The molecule has 0 saturated carbocycles. The number of fused-ring (bicyclic) bond motifs is 4. The van der Waals surface area contributed by atoms with Crippen molar-refractivity contribution < 1.29 is 38.1 Å². The molecule has 13 nitrogen and oxygen atoms in total. The molecule has 2 saturated heterocycles. The van der Waals surface area contributed by atoms with Crippen LogP contribution in [0.5, 0.6) is 28.7 Å². The van der Waals surface area contributed by atoms with Gasteiger partial charge >= 0.3 is 0 Å². The van der Waals surface area contributed by atoms with Crippen LogP contribution >= 0.6 is 21.6 Å². The number of nitrogens with one attached hydrogen (secondary N) is 1. The van der Waals surface area contributed by atoms with Crippen LogP contribution in [0, 0.1) is 0 Å². The summed E-state index contributed by atoms with van der Waals surface area (Å²) in [6.45, 7) is 10.2. The van der Waals surface area contributed by atoms with E-state index in [1.165, 1.54) is 11.1 Å². The van der Waals surface area contributed by atoms with Crippen molar-refractivity contribution in [3.63, 3.8) is 0 Å². The molecule has 2 atom stereocenters. The maximum absolute atomic E-state index is 13.7. The van der Waals surface area contributed by atoms with Gasteiger partial charge in [-0.1, -0.05) is 44.9 Å². The molecule has 3 aromatic carbocycles. The monoisotopic (exact) mass is 881 g/mol. The van der Waals surface area contributed by atoms with Crippen LogP contribution in [-0.2, 0) is 18.0 Å². The Bertz CT molecular complexity index is 2190. The lowest BCUT2D eigenvalue weighted by atomic mass is 10.1. The highest BCUT2D eigenvalue weighted by molar-refractivity contribution is 8.76. The largest absolute Gasteiger partial charge is 0.493 e. The van der Waals surface area contributed by atoms with Crippen molar-refractivity contribution in [3.8, 4) is 28.7 Å². The summed E-state index contributed by atoms with van der Waals surface area (Å²) in [5.74, 6) is 2.05. The van der Waals surface area contributed by atoms with Gasteiger partial charge in [-0.25, -0.2) is 0 Å². The van der Waals surface area contributed by atoms with E-state index in [-0.39, 0.29) is 54.4 Å². The van der Waals surface area contributed by atoms with E-state index in [2.05, 4.69) is 31.3 Å². The highest BCUT2D eigenvalue weighted by atomic mass is 33.1. The molecule has 3 amide bonds. The summed E-state index contributed by atoms with van der Waals surface area (Å²) in [5.41, 5.74) is 5.93. The number of rotatable bonds is 17. The van der Waals surface area contributed by atoms with E-state index in [0.717, 1.165) is 30.4 Å². The molecule has 0 aliphatic carbocycles. The molecule has 1 unspecified atom stereocenters. The molecule has 1 N–H and O–H groups in total. The standard InChI is InChI=1S/C47H55N5O8S2/c1-8-29-15-33-23-49-38-21-42(40(56-5)19-36(38)45(54)51(33)25-29)59-27-31-14-32(18-35(17-31)58-13-12-48-44(53)10-11-47(3,4)62-61-7)28-60-43-22-39-37(20-41(43)57-6)46(55)52-26-30(9-2)16-34(52)24-50-39/h8-9,14,17-24,33-34H,10-13,15-16,25-28H2,1-7H3,(H,48,53)/b29-8+,30-9+/t33-,34?/m0/s1. The lowest BCUT2D eigenvalue weighted by Gasteiger charge is -2.21. The molecule has 2 fully saturated rings. The van der Waals surface area contributed by atoms with E-state index in [1.54, 1.807) is 60.1 Å². The van der Waals surface area contributed by atoms with Gasteiger partial charge < -0.3 is 38.8 Å². The Hall–Kier alpha value is -5.41. The number of methoxy groups -OCH3 is 2. The summed E-state index contributed by atoms with van der Waals surface area (Å²) < 4.78 is 30.4. The molecular weight excluding hydrogens is 827 g/mol. The first kappa shape index (κ1) is 44.6. The molecule has 0 aromatic heterocycles. The molecule has 328 valence electrons. The van der Waals surface area contributed by atoms with Crippen LogP contribution in [-0.4, -0.2) is 103 Å². The second kappa shape index (κ2) is 19.7. The molecule has 0 spiro atoms. The van der Waals surface area contributed by atoms with Crippen molar-refractivity contribution in [1.82, 2.24) is 15.1 Å². The van der Waals surface area contributed by atoms with Crippen molar-refractivity contribution in [3.05, 3.63) is 88.0 Å². The average molecular weight is 882 g/mol. The van der Waals surface area contributed by atoms with Crippen molar-refractivity contribution in [2.75, 3.05) is 46.7 Å². The molecule has 4 heterocycles. The minimum Gasteiger partial charge on any atom is -0.493 e. The Morgan fingerprint density at radius 3 is 1.76 bits per heavy atom. The van der Waals surface area contributed by atoms with Crippen LogP contribution in [0.15, 0.2) is 75.7 Å². The predicted octanol–water partition coefficient (Wildman–Crippen LogP) is 8.68. The number of amides is 3. The zero-order valence-corrected chi connectivity index (χ0v) is 38.1. The van der Waals surface area contributed by atoms with E-state index in [4.69, 9.17) is 33.7 Å². The Morgan fingerprint density at radius 2 is 1.29 bits per heavy atom. The number of aliphatic imine (C=N–C) groups is 2. The maximum atomic E-state index is 13.7. The summed E-state index contributed by atoms with van der Waals surface area (Å²) in [7, 11) is 6.56. The zero-order valence-electron chi connectivity index (χ0n) is 36.4. The number of hydrogen-bond acceptors (Lipinski definition) is 12. The van der Waals surface area contributed by atoms with Crippen LogP contribution in [0.4, 0.5) is 11.4 Å². The highest BCUT2D eigenvalue weighted by Gasteiger charge is 2.36. The number of nitrogens with zero attached hydrogens (tertiary/aromatic N) is 4. The minimum atomic E-state index is -0.102. The van der Waals surface area contributed by atoms with Crippen molar-refractivity contribution in [2.24, 2.45) is 9.98 Å². The maximum Gasteiger partial charge on any atom is 0.257 e. The van der Waals surface area contributed by atoms with E-state index < -0.39 is 0 Å². The molecule has 62 heavy (non-hydrogen) atoms. The molecule has 0 bridgehead atoms. The van der Waals surface area contributed by atoms with Crippen molar-refractivity contribution in [1.29, 1.82) is 0 Å². The van der Waals surface area contributed by atoms with Gasteiger partial charge in [0.2, 0.25) is 5.91 Å². The Labute approximate surface area is 371 Å². The number of ether oxygens (including phenoxy) is 5. The van der Waals surface area contributed by atoms with Crippen molar-refractivity contribution >= 4 is 63.1 Å². The second-order valence-electron chi connectivity index (χ2n) is 16.2. The third-order valence-corrected chi connectivity index (χ3v) is 14.1. The number of carbonyl (C=O) groups is 3. The van der Waals surface area contributed by atoms with Crippen LogP contribution in [0.1, 0.15) is 85.2 Å². The predicted molar refractivity (Wildman–Crippen MR) is 247 cm³/mol. The molecule has 4 aliphatic rings. The van der Waals surface area contributed by atoms with E-state index >= 15 is 0 Å². The van der Waals surface area contributed by atoms with Crippen LogP contribution in [0.3, 0.4) is 0 Å². The smallest absolute Gasteiger partial charge is 0.257 e. The van der Waals surface area contributed by atoms with Crippen LogP contribution in [0.25, 0.3) is 0 Å². The summed E-state index contributed by atoms with van der Waals surface area (Å²) in [6, 6.07) is 12.4. The molecule has 4 aliphatic heterocycles. The summed E-state index contributed by atoms with van der Waals surface area (Å²) >= 11 is 0. The fourth-order valence-electron chi connectivity index (χ4n) is 7.96. The third kappa shape index (κ3) is 10.3. The number of benzene rings is 3. The van der Waals surface area contributed by atoms with Gasteiger partial charge in [0, 0.05) is 48.8 Å². The number of hydrogen-bond donors (Lipinski definition) is 1. The first-order valence-corrected chi connectivity index (χ1v) is 23.4. The first-order valence-electron chi connectivity index (χ1n) is 20.8. The fourth-order valence-corrected chi connectivity index (χ4v) is 10.2. The van der Waals surface area contributed by atoms with Gasteiger partial charge in [0.25, 0.3) is 11.8 Å². The highest BCUT2D eigenvalue weighted by Crippen LogP contribution is 2.41. The van der Waals surface area contributed by atoms with E-state index in [9.17, 15) is 14.4 Å². The molecular formula is C47H55N5O8S2. The van der Waals surface area contributed by atoms with Gasteiger partial charge in [-0.15, -0.1) is 0 Å². The average Bonchev–Trinajstić information content (AvgIpc) is 3.84. The van der Waals surface area contributed by atoms with Crippen molar-refractivity contribution in [2.45, 2.75) is 83.4 Å². The SMILES string of the molecule is C/C=C1\CC2C=Nc3cc(OCc4cc(COc5cc6c(cc5OC)C(=O)N5C/C(=C/C)C[C@H]5C=N6)cc(OCCNC(=O)CCC(C)(C)SSC)c4)c(OC)cc3C(=O)N2C1. The van der Waals surface area contributed by atoms with Gasteiger partial charge in [0.05, 0.1) is 55.3 Å². The van der Waals surface area contributed by atoms with Gasteiger partial charge in [0.15, 0.2) is 23.0 Å². The zero-order chi connectivity index (χ0) is 44.0. The van der Waals surface area contributed by atoms with Gasteiger partial charge in [-0.05, 0) is 94.7 Å². The van der Waals surface area contributed by atoms with Gasteiger partial charge in [-0.2, -0.15) is 0 Å². The Kier molecular flexibility index (Phi) is 14.2. The summed E-state index contributed by atoms with van der Waals surface area (Å²) in [6.07, 6.45) is 12.5. The molecule has 0 radical (unpaired) electrons. The first-order chi connectivity index (χ1) is 29.9. The number of allylic oxidation sites excluding steroid dienone is 2. The van der Waals surface area contributed by atoms with Crippen LogP contribution in [0.2, 0.25) is 0 Å². The molecule has 3 aromatic rings. The molecule has 15 heteroatoms.